The van der Waals surface area contributed by atoms with E-state index in [1.54, 1.807) is 69.3 Å². The second-order valence-electron chi connectivity index (χ2n) is 7.00. The summed E-state index contributed by atoms with van der Waals surface area (Å²) in [6, 6.07) is 14.2. The molecule has 6 heteroatoms. The van der Waals surface area contributed by atoms with E-state index in [0.717, 1.165) is 0 Å². The van der Waals surface area contributed by atoms with Crippen molar-refractivity contribution < 1.29 is 19.1 Å². The lowest BCUT2D eigenvalue weighted by atomic mass is 10.1. The van der Waals surface area contributed by atoms with Gasteiger partial charge in [-0.15, -0.1) is 6.42 Å². The molecule has 0 aromatic heterocycles. The lowest BCUT2D eigenvalue weighted by Gasteiger charge is -2.25. The number of anilines is 1. The number of hydrogen-bond donors (Lipinski definition) is 2. The Kier molecular flexibility index (Phi) is 7.05. The molecular formula is C22H24N2O4. The van der Waals surface area contributed by atoms with Gasteiger partial charge >= 0.3 is 12.0 Å². The van der Waals surface area contributed by atoms with Crippen molar-refractivity contribution in [3.63, 3.8) is 0 Å². The molecule has 1 atom stereocenters. The first kappa shape index (κ1) is 20.8. The molecule has 0 saturated heterocycles. The Hall–Kier alpha value is -3.46. The van der Waals surface area contributed by atoms with E-state index < -0.39 is 23.6 Å². The number of benzene rings is 2. The summed E-state index contributed by atoms with van der Waals surface area (Å²) in [5.41, 5.74) is 0.450. The topological polar surface area (TPSA) is 76.7 Å². The molecule has 0 fully saturated rings. The third-order valence-electron chi connectivity index (χ3n) is 3.46. The maximum absolute atomic E-state index is 12.6. The number of terminal acetylenes is 1. The summed E-state index contributed by atoms with van der Waals surface area (Å²) in [7, 11) is 0. The third-order valence-corrected chi connectivity index (χ3v) is 3.46. The molecule has 28 heavy (non-hydrogen) atoms. The van der Waals surface area contributed by atoms with Crippen LogP contribution in [0.15, 0.2) is 54.6 Å². The summed E-state index contributed by atoms with van der Waals surface area (Å²) >= 11 is 0. The predicted octanol–water partition coefficient (Wildman–Crippen LogP) is 3.90. The minimum absolute atomic E-state index is 0.129. The fourth-order valence-corrected chi connectivity index (χ4v) is 2.37. The number of amides is 2. The van der Waals surface area contributed by atoms with Crippen LogP contribution in [0, 0.1) is 12.3 Å². The Labute approximate surface area is 165 Å². The van der Waals surface area contributed by atoms with Crippen molar-refractivity contribution in [1.29, 1.82) is 0 Å². The summed E-state index contributed by atoms with van der Waals surface area (Å²) in [5, 5.41) is 5.36. The van der Waals surface area contributed by atoms with Crippen LogP contribution in [0.1, 0.15) is 32.4 Å². The molecule has 0 spiro atoms. The van der Waals surface area contributed by atoms with Crippen molar-refractivity contribution in [2.45, 2.75) is 32.4 Å². The van der Waals surface area contributed by atoms with Gasteiger partial charge in [-0.25, -0.2) is 9.59 Å². The van der Waals surface area contributed by atoms with E-state index >= 15 is 0 Å². The van der Waals surface area contributed by atoms with E-state index in [2.05, 4.69) is 16.6 Å². The zero-order valence-corrected chi connectivity index (χ0v) is 16.2. The Morgan fingerprint density at radius 2 is 1.82 bits per heavy atom. The molecule has 2 aromatic rings. The molecule has 0 aliphatic rings. The van der Waals surface area contributed by atoms with E-state index in [1.165, 1.54) is 0 Å². The first-order chi connectivity index (χ1) is 13.3. The van der Waals surface area contributed by atoms with Crippen molar-refractivity contribution >= 4 is 17.7 Å². The average molecular weight is 380 g/mol. The highest BCUT2D eigenvalue weighted by Crippen LogP contribution is 2.20. The monoisotopic (exact) mass is 380 g/mol. The van der Waals surface area contributed by atoms with Crippen LogP contribution in [-0.4, -0.2) is 24.2 Å². The standard InChI is InChI=1S/C22H24N2O4/c1-5-14-27-18-13-9-12-17(15-18)23-21(26)24-19(16-10-7-6-8-11-16)20(25)28-22(2,3)4/h1,6-13,15,19H,14H2,2-4H3,(H2,23,24,26)/t19-/m1/s1. The van der Waals surface area contributed by atoms with Gasteiger partial charge in [0.1, 0.15) is 18.0 Å². The van der Waals surface area contributed by atoms with Gasteiger partial charge < -0.3 is 20.1 Å². The Bertz CT molecular complexity index is 851. The van der Waals surface area contributed by atoms with Gasteiger partial charge in [-0.2, -0.15) is 0 Å². The van der Waals surface area contributed by atoms with Crippen molar-refractivity contribution in [3.05, 3.63) is 60.2 Å². The number of ether oxygens (including phenoxy) is 2. The number of carbonyl (C=O) groups is 2. The highest BCUT2D eigenvalue weighted by atomic mass is 16.6. The van der Waals surface area contributed by atoms with Crippen molar-refractivity contribution in [3.8, 4) is 18.1 Å². The molecule has 0 saturated carbocycles. The molecular weight excluding hydrogens is 356 g/mol. The van der Waals surface area contributed by atoms with Crippen LogP contribution < -0.4 is 15.4 Å². The molecule has 0 bridgehead atoms. The third kappa shape index (κ3) is 6.69. The number of nitrogens with one attached hydrogen (secondary N) is 2. The van der Waals surface area contributed by atoms with Crippen LogP contribution in [0.25, 0.3) is 0 Å². The fraction of sp³-hybridized carbons (Fsp3) is 0.273. The smallest absolute Gasteiger partial charge is 0.333 e. The van der Waals surface area contributed by atoms with Gasteiger partial charge in [-0.05, 0) is 38.5 Å². The molecule has 0 unspecified atom stereocenters. The van der Waals surface area contributed by atoms with Gasteiger partial charge in [-0.3, -0.25) is 0 Å². The summed E-state index contributed by atoms with van der Waals surface area (Å²) in [5.74, 6) is 2.37. The van der Waals surface area contributed by atoms with Crippen LogP contribution >= 0.6 is 0 Å². The van der Waals surface area contributed by atoms with Crippen LogP contribution in [-0.2, 0) is 9.53 Å². The number of rotatable bonds is 6. The summed E-state index contributed by atoms with van der Waals surface area (Å²) in [4.78, 5) is 25.1. The molecule has 2 amide bonds. The van der Waals surface area contributed by atoms with Gasteiger partial charge in [0.05, 0.1) is 0 Å². The Balaban J connectivity index is 2.12. The van der Waals surface area contributed by atoms with E-state index in [-0.39, 0.29) is 6.61 Å². The first-order valence-electron chi connectivity index (χ1n) is 8.80. The molecule has 2 rings (SSSR count). The highest BCUT2D eigenvalue weighted by Gasteiger charge is 2.28. The molecule has 2 aromatic carbocycles. The van der Waals surface area contributed by atoms with E-state index in [4.69, 9.17) is 15.9 Å². The van der Waals surface area contributed by atoms with Crippen LogP contribution in [0.3, 0.4) is 0 Å². The SMILES string of the molecule is C#CCOc1cccc(NC(=O)N[C@@H](C(=O)OC(C)(C)C)c2ccccc2)c1. The second kappa shape index (κ2) is 9.47. The Morgan fingerprint density at radius 1 is 1.11 bits per heavy atom. The minimum Gasteiger partial charge on any atom is -0.481 e. The lowest BCUT2D eigenvalue weighted by molar-refractivity contribution is -0.157. The van der Waals surface area contributed by atoms with Gasteiger partial charge in [0, 0.05) is 11.8 Å². The van der Waals surface area contributed by atoms with Gasteiger partial charge in [0.15, 0.2) is 6.04 Å². The van der Waals surface area contributed by atoms with Gasteiger partial charge in [0.2, 0.25) is 0 Å². The Morgan fingerprint density at radius 3 is 2.46 bits per heavy atom. The quantitative estimate of drug-likeness (QED) is 0.589. The zero-order chi connectivity index (χ0) is 20.6. The number of hydrogen-bond acceptors (Lipinski definition) is 4. The first-order valence-corrected chi connectivity index (χ1v) is 8.80. The number of carbonyl (C=O) groups excluding carboxylic acids is 2. The maximum atomic E-state index is 12.6. The molecule has 0 radical (unpaired) electrons. The van der Waals surface area contributed by atoms with Crippen LogP contribution in [0.4, 0.5) is 10.5 Å². The summed E-state index contributed by atoms with van der Waals surface area (Å²) in [6.07, 6.45) is 5.18. The number of urea groups is 1. The number of esters is 1. The normalized spacial score (nSPS) is 11.6. The molecule has 0 aliphatic carbocycles. The van der Waals surface area contributed by atoms with Gasteiger partial charge in [-0.1, -0.05) is 42.3 Å². The van der Waals surface area contributed by atoms with Crippen molar-refractivity contribution in [2.24, 2.45) is 0 Å². The molecule has 146 valence electrons. The summed E-state index contributed by atoms with van der Waals surface area (Å²) < 4.78 is 10.8. The van der Waals surface area contributed by atoms with E-state index in [0.29, 0.717) is 17.0 Å². The van der Waals surface area contributed by atoms with E-state index in [1.807, 2.05) is 6.07 Å². The predicted molar refractivity (Wildman–Crippen MR) is 108 cm³/mol. The fourth-order valence-electron chi connectivity index (χ4n) is 2.37. The summed E-state index contributed by atoms with van der Waals surface area (Å²) in [6.45, 7) is 5.45. The van der Waals surface area contributed by atoms with Gasteiger partial charge in [0.25, 0.3) is 0 Å². The van der Waals surface area contributed by atoms with Crippen molar-refractivity contribution in [2.75, 3.05) is 11.9 Å². The maximum Gasteiger partial charge on any atom is 0.333 e. The molecule has 0 heterocycles. The van der Waals surface area contributed by atoms with Crippen LogP contribution in [0.2, 0.25) is 0 Å². The van der Waals surface area contributed by atoms with Crippen LogP contribution in [0.5, 0.6) is 5.75 Å². The lowest BCUT2D eigenvalue weighted by Crippen LogP contribution is -2.40. The largest absolute Gasteiger partial charge is 0.481 e. The molecule has 0 aliphatic heterocycles. The molecule has 2 N–H and O–H groups in total. The highest BCUT2D eigenvalue weighted by molar-refractivity contribution is 5.93. The zero-order valence-electron chi connectivity index (χ0n) is 16.2. The molecule has 6 nitrogen and oxygen atoms in total. The van der Waals surface area contributed by atoms with E-state index in [9.17, 15) is 9.59 Å². The van der Waals surface area contributed by atoms with Crippen molar-refractivity contribution in [1.82, 2.24) is 5.32 Å². The minimum atomic E-state index is -0.943. The average Bonchev–Trinajstić information content (AvgIpc) is 2.64. The second-order valence-corrected chi connectivity index (χ2v) is 7.00.